The average molecular weight is 232 g/mol. The van der Waals surface area contributed by atoms with Gasteiger partial charge in [-0.05, 0) is 0 Å². The van der Waals surface area contributed by atoms with E-state index in [2.05, 4.69) is 30.7 Å². The summed E-state index contributed by atoms with van der Waals surface area (Å²) < 4.78 is 11.1. The first-order chi connectivity index (χ1) is 8.00. The molecule has 0 fully saturated rings. The molecule has 0 saturated carbocycles. The van der Waals surface area contributed by atoms with Crippen molar-refractivity contribution in [3.05, 3.63) is 29.2 Å². The van der Waals surface area contributed by atoms with E-state index in [0.717, 1.165) is 17.1 Å². The molecular weight excluding hydrogens is 216 g/mol. The van der Waals surface area contributed by atoms with Crippen molar-refractivity contribution < 1.29 is 9.47 Å². The molecule has 2 aliphatic heterocycles. The van der Waals surface area contributed by atoms with Gasteiger partial charge in [-0.1, -0.05) is 32.9 Å². The fraction of sp³-hybridized carbons (Fsp3) is 0.538. The lowest BCUT2D eigenvalue weighted by Crippen LogP contribution is -2.19. The zero-order valence-corrected chi connectivity index (χ0v) is 10.5. The third-order valence-electron chi connectivity index (χ3n) is 3.11. The van der Waals surface area contributed by atoms with Gasteiger partial charge in [0.15, 0.2) is 0 Å². The van der Waals surface area contributed by atoms with Gasteiger partial charge in [0.25, 0.3) is 0 Å². The first-order valence-electron chi connectivity index (χ1n) is 5.81. The number of ether oxygens (including phenoxy) is 2. The second-order valence-corrected chi connectivity index (χ2v) is 5.47. The van der Waals surface area contributed by atoms with Gasteiger partial charge in [-0.25, -0.2) is 4.98 Å². The maximum atomic E-state index is 5.76. The Balaban J connectivity index is 2.19. The highest BCUT2D eigenvalue weighted by molar-refractivity contribution is 5.45. The van der Waals surface area contributed by atoms with E-state index in [9.17, 15) is 0 Å². The van der Waals surface area contributed by atoms with E-state index < -0.39 is 0 Å². The number of nitrogens with zero attached hydrogens (tertiary/aromatic N) is 2. The minimum absolute atomic E-state index is 0.0204. The molecule has 3 heterocycles. The molecule has 3 rings (SSSR count). The SMILES string of the molecule is COc1nc(C(C)(C)C)nc2c1C1C=CC2O1. The highest BCUT2D eigenvalue weighted by atomic mass is 16.5. The summed E-state index contributed by atoms with van der Waals surface area (Å²) in [7, 11) is 1.64. The minimum Gasteiger partial charge on any atom is -0.481 e. The summed E-state index contributed by atoms with van der Waals surface area (Å²) in [4.78, 5) is 9.15. The molecule has 0 radical (unpaired) electrons. The molecule has 2 aliphatic rings. The van der Waals surface area contributed by atoms with Crippen molar-refractivity contribution in [2.75, 3.05) is 7.11 Å². The predicted molar refractivity (Wildman–Crippen MR) is 63.0 cm³/mol. The van der Waals surface area contributed by atoms with Crippen LogP contribution in [0.5, 0.6) is 5.88 Å². The van der Waals surface area contributed by atoms with Crippen LogP contribution in [0.4, 0.5) is 0 Å². The molecule has 0 N–H and O–H groups in total. The van der Waals surface area contributed by atoms with Crippen LogP contribution in [0.25, 0.3) is 0 Å². The Hall–Kier alpha value is -1.42. The fourth-order valence-electron chi connectivity index (χ4n) is 2.21. The van der Waals surface area contributed by atoms with Crippen molar-refractivity contribution in [1.82, 2.24) is 9.97 Å². The van der Waals surface area contributed by atoms with Gasteiger partial charge < -0.3 is 9.47 Å². The van der Waals surface area contributed by atoms with Gasteiger partial charge in [-0.3, -0.25) is 0 Å². The average Bonchev–Trinajstić information content (AvgIpc) is 2.87. The molecule has 2 atom stereocenters. The minimum atomic E-state index is -0.0894. The van der Waals surface area contributed by atoms with Gasteiger partial charge in [0.05, 0.1) is 18.4 Å². The highest BCUT2D eigenvalue weighted by Gasteiger charge is 2.39. The molecule has 1 aromatic heterocycles. The van der Waals surface area contributed by atoms with Crippen LogP contribution in [0.2, 0.25) is 0 Å². The Morgan fingerprint density at radius 2 is 1.88 bits per heavy atom. The lowest BCUT2D eigenvalue weighted by molar-refractivity contribution is 0.0856. The van der Waals surface area contributed by atoms with E-state index >= 15 is 0 Å². The van der Waals surface area contributed by atoms with E-state index in [1.807, 2.05) is 12.2 Å². The van der Waals surface area contributed by atoms with Crippen LogP contribution in [-0.4, -0.2) is 17.1 Å². The van der Waals surface area contributed by atoms with Gasteiger partial charge in [0.1, 0.15) is 18.0 Å². The molecule has 0 spiro atoms. The summed E-state index contributed by atoms with van der Waals surface area (Å²) >= 11 is 0. The fourth-order valence-corrected chi connectivity index (χ4v) is 2.21. The summed E-state index contributed by atoms with van der Waals surface area (Å²) in [5, 5.41) is 0. The van der Waals surface area contributed by atoms with Crippen LogP contribution in [0, 0.1) is 0 Å². The Labute approximate surface area is 101 Å². The first-order valence-corrected chi connectivity index (χ1v) is 5.81. The van der Waals surface area contributed by atoms with E-state index in [-0.39, 0.29) is 17.6 Å². The summed E-state index contributed by atoms with van der Waals surface area (Å²) in [6.45, 7) is 6.29. The van der Waals surface area contributed by atoms with Crippen molar-refractivity contribution in [2.24, 2.45) is 0 Å². The van der Waals surface area contributed by atoms with E-state index in [0.29, 0.717) is 5.88 Å². The molecule has 90 valence electrons. The van der Waals surface area contributed by atoms with Gasteiger partial charge in [0.2, 0.25) is 5.88 Å². The number of fused-ring (bicyclic) bond motifs is 5. The third kappa shape index (κ3) is 1.47. The quantitative estimate of drug-likeness (QED) is 0.698. The molecule has 4 heteroatoms. The van der Waals surface area contributed by atoms with E-state index in [1.165, 1.54) is 0 Å². The molecule has 2 unspecified atom stereocenters. The van der Waals surface area contributed by atoms with Crippen LogP contribution in [0.3, 0.4) is 0 Å². The maximum Gasteiger partial charge on any atom is 0.223 e. The van der Waals surface area contributed by atoms with Crippen molar-refractivity contribution >= 4 is 0 Å². The Kier molecular flexibility index (Phi) is 2.08. The summed E-state index contributed by atoms with van der Waals surface area (Å²) in [6.07, 6.45) is 4.04. The van der Waals surface area contributed by atoms with E-state index in [4.69, 9.17) is 9.47 Å². The van der Waals surface area contributed by atoms with Crippen molar-refractivity contribution in [3.63, 3.8) is 0 Å². The summed E-state index contributed by atoms with van der Waals surface area (Å²) in [5.74, 6) is 1.45. The monoisotopic (exact) mass is 232 g/mol. The number of rotatable bonds is 1. The highest BCUT2D eigenvalue weighted by Crippen LogP contribution is 2.48. The topological polar surface area (TPSA) is 44.2 Å². The van der Waals surface area contributed by atoms with Gasteiger partial charge in [-0.15, -0.1) is 0 Å². The van der Waals surface area contributed by atoms with Crippen LogP contribution in [0.15, 0.2) is 12.2 Å². The molecule has 0 aromatic carbocycles. The molecular formula is C13H16N2O2. The number of methoxy groups -OCH3 is 1. The van der Waals surface area contributed by atoms with Crippen LogP contribution in [0.1, 0.15) is 50.1 Å². The van der Waals surface area contributed by atoms with Crippen LogP contribution < -0.4 is 4.74 Å². The second kappa shape index (κ2) is 3.29. The zero-order valence-electron chi connectivity index (χ0n) is 10.5. The Bertz CT molecular complexity index is 503. The molecule has 0 amide bonds. The van der Waals surface area contributed by atoms with Gasteiger partial charge in [0, 0.05) is 5.41 Å². The van der Waals surface area contributed by atoms with Crippen molar-refractivity contribution in [3.8, 4) is 5.88 Å². The zero-order chi connectivity index (χ0) is 12.2. The van der Waals surface area contributed by atoms with Crippen molar-refractivity contribution in [1.29, 1.82) is 0 Å². The standard InChI is InChI=1S/C13H16N2O2/c1-13(2,3)12-14-10-8-6-5-7(17-8)9(10)11(15-12)16-4/h5-8H,1-4H3. The largest absolute Gasteiger partial charge is 0.481 e. The molecule has 0 saturated heterocycles. The lowest BCUT2D eigenvalue weighted by atomic mass is 9.94. The second-order valence-electron chi connectivity index (χ2n) is 5.47. The third-order valence-corrected chi connectivity index (χ3v) is 3.11. The summed E-state index contributed by atoms with van der Waals surface area (Å²) in [6, 6.07) is 0. The normalized spacial score (nSPS) is 25.2. The van der Waals surface area contributed by atoms with E-state index in [1.54, 1.807) is 7.11 Å². The van der Waals surface area contributed by atoms with Crippen molar-refractivity contribution in [2.45, 2.75) is 38.4 Å². The number of hydrogen-bond acceptors (Lipinski definition) is 4. The number of hydrogen-bond donors (Lipinski definition) is 0. The maximum absolute atomic E-state index is 5.76. The summed E-state index contributed by atoms with van der Waals surface area (Å²) in [5.41, 5.74) is 1.87. The first kappa shape index (κ1) is 10.7. The molecule has 2 bridgehead atoms. The van der Waals surface area contributed by atoms with Gasteiger partial charge in [-0.2, -0.15) is 4.98 Å². The van der Waals surface area contributed by atoms with Crippen LogP contribution in [-0.2, 0) is 10.2 Å². The lowest BCUT2D eigenvalue weighted by Gasteiger charge is -2.20. The molecule has 4 nitrogen and oxygen atoms in total. The molecule has 1 aromatic rings. The smallest absolute Gasteiger partial charge is 0.223 e. The van der Waals surface area contributed by atoms with Crippen LogP contribution >= 0.6 is 0 Å². The van der Waals surface area contributed by atoms with Gasteiger partial charge >= 0.3 is 0 Å². The molecule has 17 heavy (non-hydrogen) atoms. The Morgan fingerprint density at radius 1 is 1.18 bits per heavy atom. The number of aromatic nitrogens is 2. The predicted octanol–water partition coefficient (Wildman–Crippen LogP) is 2.46. The molecule has 0 aliphatic carbocycles. The Morgan fingerprint density at radius 3 is 2.53 bits per heavy atom.